The summed E-state index contributed by atoms with van der Waals surface area (Å²) in [5, 5.41) is 17.4. The van der Waals surface area contributed by atoms with Crippen molar-refractivity contribution in [2.45, 2.75) is 51.8 Å². The number of aromatic nitrogens is 4. The molecule has 0 spiro atoms. The number of carbonyl (C=O) groups excluding carboxylic acids is 1. The Balaban J connectivity index is 1.94. The van der Waals surface area contributed by atoms with Crippen LogP contribution in [-0.4, -0.2) is 54.2 Å². The molecule has 1 saturated heterocycles. The number of nitrogens with zero attached hydrogens (tertiary/aromatic N) is 5. The van der Waals surface area contributed by atoms with Crippen molar-refractivity contribution < 1.29 is 19.4 Å². The minimum atomic E-state index is -1.16. The second-order valence-corrected chi connectivity index (χ2v) is 8.06. The summed E-state index contributed by atoms with van der Waals surface area (Å²) in [5.41, 5.74) is 1.37. The lowest BCUT2D eigenvalue weighted by atomic mass is 10.1. The van der Waals surface area contributed by atoms with Gasteiger partial charge in [-0.3, -0.25) is 9.88 Å². The molecule has 140 valence electrons. The molecule has 3 rings (SSSR count). The Labute approximate surface area is 154 Å². The van der Waals surface area contributed by atoms with Gasteiger partial charge >= 0.3 is 12.1 Å². The molecular weight excluding hydrogens is 358 g/mol. The van der Waals surface area contributed by atoms with E-state index in [1.807, 2.05) is 0 Å². The third-order valence-corrected chi connectivity index (χ3v) is 4.73. The van der Waals surface area contributed by atoms with Crippen LogP contribution in [0.3, 0.4) is 0 Å². The van der Waals surface area contributed by atoms with Crippen molar-refractivity contribution in [1.29, 1.82) is 0 Å². The molecule has 2 aromatic heterocycles. The van der Waals surface area contributed by atoms with Crippen molar-refractivity contribution in [2.24, 2.45) is 0 Å². The molecule has 1 amide bonds. The maximum Gasteiger partial charge on any atom is 0.410 e. The van der Waals surface area contributed by atoms with E-state index in [4.69, 9.17) is 4.74 Å². The van der Waals surface area contributed by atoms with E-state index in [0.717, 1.165) is 11.3 Å². The van der Waals surface area contributed by atoms with E-state index in [1.54, 1.807) is 42.1 Å². The number of carbonyl (C=O) groups is 2. The topological polar surface area (TPSA) is 110 Å². The molecule has 1 aliphatic rings. The number of hydrogen-bond donors (Lipinski definition) is 1. The second kappa shape index (κ2) is 7.02. The van der Waals surface area contributed by atoms with Gasteiger partial charge in [0.2, 0.25) is 0 Å². The first kappa shape index (κ1) is 18.3. The van der Waals surface area contributed by atoms with E-state index in [9.17, 15) is 14.7 Å². The Morgan fingerprint density at radius 1 is 1.42 bits per heavy atom. The van der Waals surface area contributed by atoms with Crippen molar-refractivity contribution in [3.05, 3.63) is 28.0 Å². The monoisotopic (exact) mass is 379 g/mol. The summed E-state index contributed by atoms with van der Waals surface area (Å²) in [6.45, 7) is 6.26. The summed E-state index contributed by atoms with van der Waals surface area (Å²) >= 11 is 1.45. The summed E-state index contributed by atoms with van der Waals surface area (Å²) in [5.74, 6) is -1.16. The van der Waals surface area contributed by atoms with Crippen LogP contribution in [0.2, 0.25) is 0 Å². The summed E-state index contributed by atoms with van der Waals surface area (Å²) < 4.78 is 7.02. The molecule has 10 heteroatoms. The van der Waals surface area contributed by atoms with Crippen LogP contribution >= 0.6 is 11.3 Å². The molecular formula is C16H21N5O4S. The number of likely N-dealkylation sites (tertiary alicyclic amines) is 1. The molecule has 1 atom stereocenters. The van der Waals surface area contributed by atoms with E-state index in [-0.39, 0.29) is 5.69 Å². The first-order valence-corrected chi connectivity index (χ1v) is 9.18. The highest BCUT2D eigenvalue weighted by atomic mass is 32.1. The SMILES string of the molecule is CC(C)(C)OC(=O)N1CCCC1c1c(C(=O)O)nnn1Cc1cncs1. The van der Waals surface area contributed by atoms with E-state index >= 15 is 0 Å². The van der Waals surface area contributed by atoms with Crippen LogP contribution in [0.5, 0.6) is 0 Å². The average Bonchev–Trinajstić information content (AvgIpc) is 3.25. The zero-order valence-corrected chi connectivity index (χ0v) is 15.7. The standard InChI is InChI=1S/C16H21N5O4S/c1-16(2,3)25-15(24)20-6-4-5-11(20)13-12(14(22)23)18-19-21(13)8-10-7-17-9-26-10/h7,9,11H,4-6,8H2,1-3H3,(H,22,23). The van der Waals surface area contributed by atoms with Gasteiger partial charge in [-0.1, -0.05) is 5.21 Å². The molecule has 1 N–H and O–H groups in total. The highest BCUT2D eigenvalue weighted by Crippen LogP contribution is 2.34. The molecule has 0 saturated carbocycles. The third-order valence-electron chi connectivity index (χ3n) is 3.96. The summed E-state index contributed by atoms with van der Waals surface area (Å²) in [6.07, 6.45) is 2.64. The Morgan fingerprint density at radius 2 is 2.19 bits per heavy atom. The number of carboxylic acids is 1. The molecule has 0 aliphatic carbocycles. The maximum absolute atomic E-state index is 12.6. The minimum Gasteiger partial charge on any atom is -0.476 e. The van der Waals surface area contributed by atoms with Crippen LogP contribution in [-0.2, 0) is 11.3 Å². The number of hydrogen-bond acceptors (Lipinski definition) is 7. The molecule has 26 heavy (non-hydrogen) atoms. The van der Waals surface area contributed by atoms with Gasteiger partial charge in [-0.2, -0.15) is 0 Å². The van der Waals surface area contributed by atoms with E-state index in [2.05, 4.69) is 15.3 Å². The van der Waals surface area contributed by atoms with Crippen molar-refractivity contribution in [3.63, 3.8) is 0 Å². The van der Waals surface area contributed by atoms with E-state index in [1.165, 1.54) is 11.3 Å². The fourth-order valence-electron chi connectivity index (χ4n) is 2.98. The van der Waals surface area contributed by atoms with Gasteiger partial charge in [-0.15, -0.1) is 16.4 Å². The number of ether oxygens (including phenoxy) is 1. The van der Waals surface area contributed by atoms with Crippen LogP contribution in [0.4, 0.5) is 4.79 Å². The highest BCUT2D eigenvalue weighted by molar-refractivity contribution is 7.09. The van der Waals surface area contributed by atoms with Crippen LogP contribution in [0, 0.1) is 0 Å². The fourth-order valence-corrected chi connectivity index (χ4v) is 3.55. The summed E-state index contributed by atoms with van der Waals surface area (Å²) in [4.78, 5) is 30.7. The summed E-state index contributed by atoms with van der Waals surface area (Å²) in [7, 11) is 0. The summed E-state index contributed by atoms with van der Waals surface area (Å²) in [6, 6.07) is -0.432. The molecule has 0 bridgehead atoms. The average molecular weight is 379 g/mol. The molecule has 1 fully saturated rings. The first-order valence-electron chi connectivity index (χ1n) is 8.30. The van der Waals surface area contributed by atoms with Crippen LogP contribution in [0.25, 0.3) is 0 Å². The van der Waals surface area contributed by atoms with Gasteiger partial charge in [0.1, 0.15) is 5.60 Å². The van der Waals surface area contributed by atoms with Crippen LogP contribution < -0.4 is 0 Å². The molecule has 2 aromatic rings. The molecule has 1 unspecified atom stereocenters. The van der Waals surface area contributed by atoms with Gasteiger partial charge in [0.05, 0.1) is 23.8 Å². The van der Waals surface area contributed by atoms with Crippen LogP contribution in [0.15, 0.2) is 11.7 Å². The normalized spacial score (nSPS) is 17.5. The first-order chi connectivity index (χ1) is 12.3. The molecule has 9 nitrogen and oxygen atoms in total. The van der Waals surface area contributed by atoms with Crippen molar-refractivity contribution in [3.8, 4) is 0 Å². The van der Waals surface area contributed by atoms with Gasteiger partial charge < -0.3 is 9.84 Å². The predicted molar refractivity (Wildman–Crippen MR) is 93.1 cm³/mol. The Bertz CT molecular complexity index is 796. The number of aromatic carboxylic acids is 1. The Hall–Kier alpha value is -2.49. The second-order valence-electron chi connectivity index (χ2n) is 7.09. The lowest BCUT2D eigenvalue weighted by molar-refractivity contribution is 0.0216. The lowest BCUT2D eigenvalue weighted by Crippen LogP contribution is -2.37. The zero-order valence-electron chi connectivity index (χ0n) is 14.9. The quantitative estimate of drug-likeness (QED) is 0.869. The molecule has 1 aliphatic heterocycles. The lowest BCUT2D eigenvalue weighted by Gasteiger charge is -2.28. The van der Waals surface area contributed by atoms with Gasteiger partial charge in [0, 0.05) is 17.6 Å². The minimum absolute atomic E-state index is 0.130. The van der Waals surface area contributed by atoms with E-state index in [0.29, 0.717) is 25.2 Å². The fraction of sp³-hybridized carbons (Fsp3) is 0.562. The van der Waals surface area contributed by atoms with Crippen molar-refractivity contribution >= 4 is 23.4 Å². The van der Waals surface area contributed by atoms with E-state index < -0.39 is 23.7 Å². The largest absolute Gasteiger partial charge is 0.476 e. The number of thiazole rings is 1. The Morgan fingerprint density at radius 3 is 2.81 bits per heavy atom. The molecule has 0 aromatic carbocycles. The number of rotatable bonds is 4. The van der Waals surface area contributed by atoms with Gasteiger partial charge in [0.15, 0.2) is 5.69 Å². The van der Waals surface area contributed by atoms with Crippen molar-refractivity contribution in [1.82, 2.24) is 24.9 Å². The predicted octanol–water partition coefficient (Wildman–Crippen LogP) is 2.55. The van der Waals surface area contributed by atoms with Crippen molar-refractivity contribution in [2.75, 3.05) is 6.54 Å². The third kappa shape index (κ3) is 3.85. The zero-order chi connectivity index (χ0) is 18.9. The van der Waals surface area contributed by atoms with Gasteiger partial charge in [-0.05, 0) is 33.6 Å². The molecule has 0 radical (unpaired) electrons. The number of carboxylic acid groups (broad SMARTS) is 1. The molecule has 3 heterocycles. The Kier molecular flexibility index (Phi) is 4.94. The highest BCUT2D eigenvalue weighted by Gasteiger charge is 2.38. The van der Waals surface area contributed by atoms with Gasteiger partial charge in [-0.25, -0.2) is 14.3 Å². The maximum atomic E-state index is 12.6. The smallest absolute Gasteiger partial charge is 0.410 e. The number of amides is 1. The van der Waals surface area contributed by atoms with Gasteiger partial charge in [0.25, 0.3) is 0 Å². The van der Waals surface area contributed by atoms with Crippen LogP contribution in [0.1, 0.15) is 60.7 Å².